The Morgan fingerprint density at radius 2 is 1.79 bits per heavy atom. The molecule has 39 heavy (non-hydrogen) atoms. The number of nitrogens with one attached hydrogen (secondary N) is 2. The summed E-state index contributed by atoms with van der Waals surface area (Å²) in [5.74, 6) is 0.976. The topological polar surface area (TPSA) is 80.3 Å². The minimum absolute atomic E-state index is 0.0681. The molecular formula is C29H20Cl3N3O3S. The van der Waals surface area contributed by atoms with Crippen molar-refractivity contribution in [3.8, 4) is 22.8 Å². The van der Waals surface area contributed by atoms with Crippen LogP contribution >= 0.6 is 47.0 Å². The second-order valence-electron chi connectivity index (χ2n) is 8.72. The molecule has 2 N–H and O–H groups in total. The van der Waals surface area contributed by atoms with E-state index in [4.69, 9.17) is 55.9 Å². The summed E-state index contributed by atoms with van der Waals surface area (Å²) in [7, 11) is 0. The van der Waals surface area contributed by atoms with Crippen molar-refractivity contribution in [2.75, 3.05) is 5.32 Å². The molecule has 0 spiro atoms. The average Bonchev–Trinajstić information content (AvgIpc) is 3.53. The maximum atomic E-state index is 12.5. The first kappa shape index (κ1) is 27.0. The number of fused-ring (bicyclic) bond motifs is 1. The number of oxazole rings is 1. The minimum Gasteiger partial charge on any atom is -0.457 e. The van der Waals surface area contributed by atoms with Gasteiger partial charge >= 0.3 is 0 Å². The van der Waals surface area contributed by atoms with Crippen LogP contribution in [-0.4, -0.2) is 16.0 Å². The van der Waals surface area contributed by atoms with Gasteiger partial charge in [-0.2, -0.15) is 0 Å². The Hall–Kier alpha value is -3.62. The van der Waals surface area contributed by atoms with Crippen LogP contribution < -0.4 is 10.6 Å². The van der Waals surface area contributed by atoms with Gasteiger partial charge in [-0.25, -0.2) is 4.98 Å². The van der Waals surface area contributed by atoms with Gasteiger partial charge in [-0.3, -0.25) is 10.1 Å². The van der Waals surface area contributed by atoms with Gasteiger partial charge in [0.2, 0.25) is 11.8 Å². The molecule has 5 aromatic rings. The molecule has 3 aromatic carbocycles. The zero-order valence-electron chi connectivity index (χ0n) is 20.6. The van der Waals surface area contributed by atoms with Crippen molar-refractivity contribution >= 4 is 80.9 Å². The van der Waals surface area contributed by atoms with E-state index in [2.05, 4.69) is 15.6 Å². The van der Waals surface area contributed by atoms with Crippen molar-refractivity contribution in [3.63, 3.8) is 0 Å². The van der Waals surface area contributed by atoms with Gasteiger partial charge in [-0.15, -0.1) is 0 Å². The Kier molecular flexibility index (Phi) is 7.77. The monoisotopic (exact) mass is 595 g/mol. The molecule has 0 saturated carbocycles. The molecule has 0 aliphatic heterocycles. The highest BCUT2D eigenvalue weighted by Crippen LogP contribution is 2.35. The van der Waals surface area contributed by atoms with Gasteiger partial charge in [0.1, 0.15) is 17.0 Å². The molecule has 1 amide bonds. The number of carbonyl (C=O) groups excluding carboxylic acids is 1. The summed E-state index contributed by atoms with van der Waals surface area (Å²) in [5.41, 5.74) is 5.47. The Bertz CT molecular complexity index is 1770. The van der Waals surface area contributed by atoms with Crippen molar-refractivity contribution < 1.29 is 13.6 Å². The lowest BCUT2D eigenvalue weighted by Crippen LogP contribution is -2.32. The van der Waals surface area contributed by atoms with E-state index in [1.165, 1.54) is 12.2 Å². The fourth-order valence-electron chi connectivity index (χ4n) is 4.00. The summed E-state index contributed by atoms with van der Waals surface area (Å²) in [4.78, 5) is 17.1. The summed E-state index contributed by atoms with van der Waals surface area (Å²) in [6.07, 6.45) is 2.82. The van der Waals surface area contributed by atoms with Crippen molar-refractivity contribution in [1.82, 2.24) is 10.3 Å². The third-order valence-electron chi connectivity index (χ3n) is 5.76. The highest BCUT2D eigenvalue weighted by molar-refractivity contribution is 7.80. The van der Waals surface area contributed by atoms with E-state index in [0.29, 0.717) is 49.3 Å². The molecule has 0 unspecified atom stereocenters. The number of hydrogen-bond acceptors (Lipinski definition) is 5. The second kappa shape index (κ2) is 11.2. The fourth-order valence-corrected chi connectivity index (χ4v) is 4.77. The number of nitrogens with zero attached hydrogens (tertiary/aromatic N) is 1. The van der Waals surface area contributed by atoms with Crippen molar-refractivity contribution in [2.45, 2.75) is 13.8 Å². The van der Waals surface area contributed by atoms with Crippen LogP contribution in [0.5, 0.6) is 0 Å². The zero-order valence-corrected chi connectivity index (χ0v) is 23.7. The molecule has 0 fully saturated rings. The second-order valence-corrected chi connectivity index (χ2v) is 10.3. The number of rotatable bonds is 5. The molecule has 10 heteroatoms. The molecule has 0 saturated heterocycles. The number of carbonyl (C=O) groups is 1. The van der Waals surface area contributed by atoms with E-state index in [1.807, 2.05) is 26.0 Å². The zero-order chi connectivity index (χ0) is 27.7. The van der Waals surface area contributed by atoms with Crippen molar-refractivity contribution in [3.05, 3.63) is 98.7 Å². The number of halogens is 3. The van der Waals surface area contributed by atoms with Gasteiger partial charge in [0.15, 0.2) is 10.7 Å². The van der Waals surface area contributed by atoms with Gasteiger partial charge < -0.3 is 14.2 Å². The van der Waals surface area contributed by atoms with E-state index in [0.717, 1.165) is 22.2 Å². The molecule has 2 aromatic heterocycles. The first-order chi connectivity index (χ1) is 18.7. The maximum absolute atomic E-state index is 12.5. The van der Waals surface area contributed by atoms with E-state index in [1.54, 1.807) is 48.5 Å². The lowest BCUT2D eigenvalue weighted by Gasteiger charge is -2.10. The largest absolute Gasteiger partial charge is 0.457 e. The number of thiocarbonyl (C=S) groups is 1. The number of anilines is 1. The van der Waals surface area contributed by atoms with Crippen LogP contribution in [0.3, 0.4) is 0 Å². The molecule has 196 valence electrons. The highest BCUT2D eigenvalue weighted by atomic mass is 35.5. The van der Waals surface area contributed by atoms with Crippen LogP contribution in [0.1, 0.15) is 16.9 Å². The van der Waals surface area contributed by atoms with E-state index < -0.39 is 5.91 Å². The Morgan fingerprint density at radius 1 is 0.974 bits per heavy atom. The summed E-state index contributed by atoms with van der Waals surface area (Å²) in [6.45, 7) is 3.99. The smallest absolute Gasteiger partial charge is 0.250 e. The van der Waals surface area contributed by atoms with Gasteiger partial charge in [0.25, 0.3) is 0 Å². The number of benzene rings is 3. The molecule has 0 atom stereocenters. The molecule has 5 rings (SSSR count). The summed E-state index contributed by atoms with van der Waals surface area (Å²) in [6, 6.07) is 18.0. The van der Waals surface area contributed by atoms with E-state index in [9.17, 15) is 4.79 Å². The quantitative estimate of drug-likeness (QED) is 0.156. The normalized spacial score (nSPS) is 11.3. The fraction of sp³-hybridized carbons (Fsp3) is 0.0690. The number of amides is 1. The first-order valence-electron chi connectivity index (χ1n) is 11.7. The van der Waals surface area contributed by atoms with Gasteiger partial charge in [0, 0.05) is 17.2 Å². The molecule has 0 aliphatic rings. The van der Waals surface area contributed by atoms with Gasteiger partial charge in [-0.1, -0.05) is 46.9 Å². The molecule has 6 nitrogen and oxygen atoms in total. The van der Waals surface area contributed by atoms with Crippen LogP contribution in [0.25, 0.3) is 40.0 Å². The molecule has 0 bridgehead atoms. The Labute approximate surface area is 244 Å². The SMILES string of the molecule is Cc1cc(C)c2oc(-c3ccc(Cl)c(NC(=S)NC(=O)C=Cc4ccc(-c5cccc(Cl)c5Cl)o4)c3)nc2c1. The third kappa shape index (κ3) is 6.02. The van der Waals surface area contributed by atoms with Crippen molar-refractivity contribution in [2.24, 2.45) is 0 Å². The lowest BCUT2D eigenvalue weighted by atomic mass is 10.1. The van der Waals surface area contributed by atoms with E-state index >= 15 is 0 Å². The standard InChI is InChI=1S/C29H20Cl3N3O3S/c1-15-12-16(2)27-23(13-15)33-28(38-27)17-6-9-20(30)22(14-17)34-29(39)35-25(36)11-8-18-7-10-24(37-18)19-4-3-5-21(31)26(19)32/h3-14H,1-2H3,(H2,34,35,36,39). The highest BCUT2D eigenvalue weighted by Gasteiger charge is 2.14. The van der Waals surface area contributed by atoms with E-state index in [-0.39, 0.29) is 5.11 Å². The van der Waals surface area contributed by atoms with Gasteiger partial charge in [0.05, 0.1) is 20.8 Å². The van der Waals surface area contributed by atoms with Crippen LogP contribution in [0, 0.1) is 13.8 Å². The van der Waals surface area contributed by atoms with Gasteiger partial charge in [-0.05, 0) is 91.8 Å². The maximum Gasteiger partial charge on any atom is 0.250 e. The average molecular weight is 597 g/mol. The summed E-state index contributed by atoms with van der Waals surface area (Å²) >= 11 is 24.0. The number of aryl methyl sites for hydroxylation is 2. The summed E-state index contributed by atoms with van der Waals surface area (Å²) in [5, 5.41) is 6.84. The van der Waals surface area contributed by atoms with Crippen LogP contribution in [0.2, 0.25) is 15.1 Å². The Morgan fingerprint density at radius 3 is 2.62 bits per heavy atom. The Balaban J connectivity index is 1.25. The predicted molar refractivity (Wildman–Crippen MR) is 161 cm³/mol. The van der Waals surface area contributed by atoms with Crippen LogP contribution in [-0.2, 0) is 4.79 Å². The molecule has 0 radical (unpaired) electrons. The summed E-state index contributed by atoms with van der Waals surface area (Å²) < 4.78 is 11.8. The predicted octanol–water partition coefficient (Wildman–Crippen LogP) is 8.86. The molecule has 2 heterocycles. The van der Waals surface area contributed by atoms with Crippen LogP contribution in [0.4, 0.5) is 5.69 Å². The molecule has 0 aliphatic carbocycles. The first-order valence-corrected chi connectivity index (χ1v) is 13.2. The number of hydrogen-bond donors (Lipinski definition) is 2. The number of aromatic nitrogens is 1. The third-order valence-corrected chi connectivity index (χ3v) is 7.11. The van der Waals surface area contributed by atoms with Crippen LogP contribution in [0.15, 0.2) is 75.6 Å². The number of furan rings is 1. The minimum atomic E-state index is -0.455. The lowest BCUT2D eigenvalue weighted by molar-refractivity contribution is -0.115. The molecular weight excluding hydrogens is 577 g/mol. The van der Waals surface area contributed by atoms with Crippen molar-refractivity contribution in [1.29, 1.82) is 0 Å².